The van der Waals surface area contributed by atoms with Crippen molar-refractivity contribution < 1.29 is 24.3 Å². The quantitative estimate of drug-likeness (QED) is 0.871. The molecule has 0 amide bonds. The van der Waals surface area contributed by atoms with Gasteiger partial charge in [-0.05, 0) is 22.8 Å². The molecule has 0 aliphatic carbocycles. The highest BCUT2D eigenvalue weighted by Gasteiger charge is 2.49. The normalized spacial score (nSPS) is 24.0. The van der Waals surface area contributed by atoms with Gasteiger partial charge in [0.1, 0.15) is 6.04 Å². The van der Waals surface area contributed by atoms with Crippen LogP contribution in [-0.2, 0) is 19.1 Å². The Labute approximate surface area is 139 Å². The molecule has 0 bridgehead atoms. The standard InChI is InChI=1S/C18H19NO5/c1-23-17(20)14-10-15(18(21)24-2)19(22)16(14)13-9-5-7-11-6-3-4-8-12(11)13/h3-9,14-16,22H,10H2,1-2H3/t14-,15-,16-/m0/s1. The molecule has 1 aliphatic heterocycles. The third-order valence-corrected chi connectivity index (χ3v) is 4.58. The van der Waals surface area contributed by atoms with Crippen molar-refractivity contribution in [3.05, 3.63) is 48.0 Å². The largest absolute Gasteiger partial charge is 0.469 e. The second kappa shape index (κ2) is 6.59. The summed E-state index contributed by atoms with van der Waals surface area (Å²) in [6.07, 6.45) is 0.143. The highest BCUT2D eigenvalue weighted by Crippen LogP contribution is 2.43. The van der Waals surface area contributed by atoms with Gasteiger partial charge in [0.15, 0.2) is 0 Å². The number of hydroxylamine groups is 2. The molecule has 0 radical (unpaired) electrons. The second-order valence-electron chi connectivity index (χ2n) is 5.80. The molecule has 1 heterocycles. The van der Waals surface area contributed by atoms with Crippen LogP contribution in [0.15, 0.2) is 42.5 Å². The van der Waals surface area contributed by atoms with Crippen molar-refractivity contribution in [2.24, 2.45) is 5.92 Å². The van der Waals surface area contributed by atoms with Gasteiger partial charge in [-0.1, -0.05) is 42.5 Å². The van der Waals surface area contributed by atoms with Crippen LogP contribution in [0.25, 0.3) is 10.8 Å². The van der Waals surface area contributed by atoms with Crippen LogP contribution in [0.2, 0.25) is 0 Å². The first kappa shape index (κ1) is 16.4. The van der Waals surface area contributed by atoms with Crippen LogP contribution in [0, 0.1) is 5.92 Å². The summed E-state index contributed by atoms with van der Waals surface area (Å²) in [6, 6.07) is 11.8. The molecule has 0 spiro atoms. The van der Waals surface area contributed by atoms with Gasteiger partial charge in [-0.25, -0.2) is 0 Å². The molecule has 0 aromatic heterocycles. The van der Waals surface area contributed by atoms with Gasteiger partial charge in [-0.2, -0.15) is 5.06 Å². The zero-order valence-electron chi connectivity index (χ0n) is 13.5. The second-order valence-corrected chi connectivity index (χ2v) is 5.80. The molecule has 3 atom stereocenters. The van der Waals surface area contributed by atoms with E-state index in [0.717, 1.165) is 21.4 Å². The van der Waals surface area contributed by atoms with Gasteiger partial charge in [0.25, 0.3) is 0 Å². The van der Waals surface area contributed by atoms with Crippen molar-refractivity contribution in [2.45, 2.75) is 18.5 Å². The predicted molar refractivity (Wildman–Crippen MR) is 86.2 cm³/mol. The Morgan fingerprint density at radius 1 is 1.04 bits per heavy atom. The third kappa shape index (κ3) is 2.64. The summed E-state index contributed by atoms with van der Waals surface area (Å²) in [5, 5.41) is 13.4. The molecule has 3 rings (SSSR count). The number of nitrogens with zero attached hydrogens (tertiary/aromatic N) is 1. The lowest BCUT2D eigenvalue weighted by molar-refractivity contribution is -0.177. The summed E-state index contributed by atoms with van der Waals surface area (Å²) < 4.78 is 9.62. The number of hydrogen-bond acceptors (Lipinski definition) is 6. The van der Waals surface area contributed by atoms with Crippen molar-refractivity contribution in [2.75, 3.05) is 14.2 Å². The van der Waals surface area contributed by atoms with Gasteiger partial charge in [0.2, 0.25) is 0 Å². The summed E-state index contributed by atoms with van der Waals surface area (Å²) in [6.45, 7) is 0. The molecule has 6 nitrogen and oxygen atoms in total. The summed E-state index contributed by atoms with van der Waals surface area (Å²) in [5.74, 6) is -1.69. The fraction of sp³-hybridized carbons (Fsp3) is 0.333. The first-order valence-electron chi connectivity index (χ1n) is 7.69. The molecule has 6 heteroatoms. The predicted octanol–water partition coefficient (Wildman–Crippen LogP) is 2.31. The maximum absolute atomic E-state index is 12.2. The van der Waals surface area contributed by atoms with Crippen LogP contribution in [0.3, 0.4) is 0 Å². The molecule has 24 heavy (non-hydrogen) atoms. The maximum Gasteiger partial charge on any atom is 0.325 e. The van der Waals surface area contributed by atoms with E-state index in [1.54, 1.807) is 0 Å². The molecular weight excluding hydrogens is 310 g/mol. The fourth-order valence-electron chi connectivity index (χ4n) is 3.44. The monoisotopic (exact) mass is 329 g/mol. The minimum Gasteiger partial charge on any atom is -0.469 e. The minimum atomic E-state index is -0.900. The lowest BCUT2D eigenvalue weighted by atomic mass is 9.90. The van der Waals surface area contributed by atoms with Gasteiger partial charge >= 0.3 is 11.9 Å². The van der Waals surface area contributed by atoms with E-state index in [1.165, 1.54) is 14.2 Å². The third-order valence-electron chi connectivity index (χ3n) is 4.58. The first-order valence-corrected chi connectivity index (χ1v) is 7.69. The van der Waals surface area contributed by atoms with E-state index in [0.29, 0.717) is 0 Å². The van der Waals surface area contributed by atoms with Crippen molar-refractivity contribution >= 4 is 22.7 Å². The lowest BCUT2D eigenvalue weighted by Gasteiger charge is -2.25. The van der Waals surface area contributed by atoms with E-state index < -0.39 is 29.9 Å². The van der Waals surface area contributed by atoms with Crippen LogP contribution < -0.4 is 0 Å². The molecule has 1 fully saturated rings. The van der Waals surface area contributed by atoms with Gasteiger partial charge in [-0.15, -0.1) is 0 Å². The number of carbonyl (C=O) groups excluding carboxylic acids is 2. The summed E-state index contributed by atoms with van der Waals surface area (Å²) in [7, 11) is 2.56. The molecule has 0 unspecified atom stereocenters. The minimum absolute atomic E-state index is 0.143. The number of benzene rings is 2. The SMILES string of the molecule is COC(=O)[C@H]1C[C@@H](C(=O)OC)N(O)[C@H]1c1cccc2ccccc12. The average Bonchev–Trinajstić information content (AvgIpc) is 2.97. The fourth-order valence-corrected chi connectivity index (χ4v) is 3.44. The molecule has 1 N–H and O–H groups in total. The molecule has 1 aliphatic rings. The Balaban J connectivity index is 2.10. The molecular formula is C18H19NO5. The van der Waals surface area contributed by atoms with E-state index in [9.17, 15) is 14.8 Å². The molecule has 2 aromatic carbocycles. The molecule has 1 saturated heterocycles. The Kier molecular flexibility index (Phi) is 4.51. The lowest BCUT2D eigenvalue weighted by Crippen LogP contribution is -2.36. The Hall–Kier alpha value is -2.44. The number of hydrogen-bond donors (Lipinski definition) is 1. The van der Waals surface area contributed by atoms with E-state index in [2.05, 4.69) is 0 Å². The first-order chi connectivity index (χ1) is 11.6. The highest BCUT2D eigenvalue weighted by molar-refractivity contribution is 5.88. The number of ether oxygens (including phenoxy) is 2. The van der Waals surface area contributed by atoms with E-state index >= 15 is 0 Å². The van der Waals surface area contributed by atoms with Gasteiger partial charge in [0, 0.05) is 0 Å². The van der Waals surface area contributed by atoms with Crippen molar-refractivity contribution in [1.29, 1.82) is 0 Å². The van der Waals surface area contributed by atoms with Crippen LogP contribution in [-0.4, -0.2) is 42.5 Å². The maximum atomic E-state index is 12.2. The Morgan fingerprint density at radius 2 is 1.71 bits per heavy atom. The molecule has 0 saturated carbocycles. The Bertz CT molecular complexity index is 770. The van der Waals surface area contributed by atoms with Crippen LogP contribution >= 0.6 is 0 Å². The zero-order valence-corrected chi connectivity index (χ0v) is 13.5. The number of carbonyl (C=O) groups is 2. The number of rotatable bonds is 3. The zero-order chi connectivity index (χ0) is 17.3. The van der Waals surface area contributed by atoms with Crippen molar-refractivity contribution in [3.8, 4) is 0 Å². The smallest absolute Gasteiger partial charge is 0.325 e. The molecule has 2 aromatic rings. The average molecular weight is 329 g/mol. The van der Waals surface area contributed by atoms with E-state index in [4.69, 9.17) is 9.47 Å². The van der Waals surface area contributed by atoms with Gasteiger partial charge < -0.3 is 14.7 Å². The van der Waals surface area contributed by atoms with E-state index in [-0.39, 0.29) is 6.42 Å². The number of fused-ring (bicyclic) bond motifs is 1. The summed E-state index contributed by atoms with van der Waals surface area (Å²) in [4.78, 5) is 24.2. The van der Waals surface area contributed by atoms with Crippen LogP contribution in [0.5, 0.6) is 0 Å². The van der Waals surface area contributed by atoms with Gasteiger partial charge in [0.05, 0.1) is 26.2 Å². The summed E-state index contributed by atoms with van der Waals surface area (Å²) >= 11 is 0. The number of methoxy groups -OCH3 is 2. The highest BCUT2D eigenvalue weighted by atomic mass is 16.5. The number of esters is 2. The van der Waals surface area contributed by atoms with Crippen LogP contribution in [0.1, 0.15) is 18.0 Å². The Morgan fingerprint density at radius 3 is 2.42 bits per heavy atom. The molecule has 126 valence electrons. The van der Waals surface area contributed by atoms with E-state index in [1.807, 2.05) is 42.5 Å². The van der Waals surface area contributed by atoms with Gasteiger partial charge in [-0.3, -0.25) is 9.59 Å². The van der Waals surface area contributed by atoms with Crippen molar-refractivity contribution in [1.82, 2.24) is 5.06 Å². The van der Waals surface area contributed by atoms with Crippen LogP contribution in [0.4, 0.5) is 0 Å². The summed E-state index contributed by atoms with van der Waals surface area (Å²) in [5.41, 5.74) is 0.775. The van der Waals surface area contributed by atoms with Crippen molar-refractivity contribution in [3.63, 3.8) is 0 Å². The topological polar surface area (TPSA) is 76.1 Å².